The second kappa shape index (κ2) is 8.97. The standard InChI is InChI=1S/C21H25N3O3.ClH/c1-21(20(26)23-16-9-10-18(27-2)17(22)13-16)11-6-12-24(14-21)19(25)15-7-4-3-5-8-15;/h3-5,7-10,13H,6,11-12,14,22H2,1-2H3,(H,23,26);1H. The highest BCUT2D eigenvalue weighted by molar-refractivity contribution is 5.98. The lowest BCUT2D eigenvalue weighted by molar-refractivity contribution is -0.127. The van der Waals surface area contributed by atoms with E-state index in [1.54, 1.807) is 42.3 Å². The van der Waals surface area contributed by atoms with Crippen molar-refractivity contribution in [1.29, 1.82) is 0 Å². The number of benzene rings is 2. The molecule has 1 saturated heterocycles. The summed E-state index contributed by atoms with van der Waals surface area (Å²) in [4.78, 5) is 27.5. The quantitative estimate of drug-likeness (QED) is 0.764. The van der Waals surface area contributed by atoms with Crippen LogP contribution < -0.4 is 15.8 Å². The molecule has 1 aliphatic heterocycles. The van der Waals surface area contributed by atoms with Crippen LogP contribution in [-0.4, -0.2) is 36.9 Å². The Kier molecular flexibility index (Phi) is 6.91. The summed E-state index contributed by atoms with van der Waals surface area (Å²) in [6, 6.07) is 14.3. The Morgan fingerprint density at radius 3 is 2.54 bits per heavy atom. The van der Waals surface area contributed by atoms with Crippen molar-refractivity contribution in [2.24, 2.45) is 5.41 Å². The number of anilines is 2. The molecule has 1 atom stereocenters. The van der Waals surface area contributed by atoms with Gasteiger partial charge in [-0.25, -0.2) is 0 Å². The van der Waals surface area contributed by atoms with E-state index in [-0.39, 0.29) is 24.2 Å². The molecular formula is C21H26ClN3O3. The predicted molar refractivity (Wildman–Crippen MR) is 113 cm³/mol. The summed E-state index contributed by atoms with van der Waals surface area (Å²) >= 11 is 0. The van der Waals surface area contributed by atoms with Crippen LogP contribution in [0.4, 0.5) is 11.4 Å². The fourth-order valence-corrected chi connectivity index (χ4v) is 3.46. The third-order valence-corrected chi connectivity index (χ3v) is 5.04. The number of nitrogen functional groups attached to an aromatic ring is 1. The first-order chi connectivity index (χ1) is 12.9. The topological polar surface area (TPSA) is 84.7 Å². The minimum absolute atomic E-state index is 0. The molecule has 3 N–H and O–H groups in total. The maximum atomic E-state index is 12.9. The number of rotatable bonds is 4. The second-order valence-corrected chi connectivity index (χ2v) is 7.17. The molecule has 0 aromatic heterocycles. The molecule has 1 aliphatic rings. The van der Waals surface area contributed by atoms with Gasteiger partial charge < -0.3 is 20.7 Å². The Hall–Kier alpha value is -2.73. The number of carbonyl (C=O) groups is 2. The Morgan fingerprint density at radius 2 is 1.89 bits per heavy atom. The summed E-state index contributed by atoms with van der Waals surface area (Å²) in [5, 5.41) is 2.93. The SMILES string of the molecule is COc1ccc(NC(=O)C2(C)CCCN(C(=O)c3ccccc3)C2)cc1N.Cl. The Labute approximate surface area is 171 Å². The summed E-state index contributed by atoms with van der Waals surface area (Å²) in [6.45, 7) is 2.95. The number of nitrogens with one attached hydrogen (secondary N) is 1. The average molecular weight is 404 g/mol. The summed E-state index contributed by atoms with van der Waals surface area (Å²) in [5.41, 5.74) is 6.98. The first-order valence-corrected chi connectivity index (χ1v) is 9.02. The summed E-state index contributed by atoms with van der Waals surface area (Å²) in [5.74, 6) is 0.414. The fraction of sp³-hybridized carbons (Fsp3) is 0.333. The number of nitrogens with two attached hydrogens (primary N) is 1. The molecule has 0 saturated carbocycles. The van der Waals surface area contributed by atoms with Crippen molar-refractivity contribution in [2.75, 3.05) is 31.2 Å². The fourth-order valence-electron chi connectivity index (χ4n) is 3.46. The zero-order chi connectivity index (χ0) is 19.4. The van der Waals surface area contributed by atoms with Gasteiger partial charge in [-0.15, -0.1) is 12.4 Å². The lowest BCUT2D eigenvalue weighted by Crippen LogP contribution is -2.50. The number of likely N-dealkylation sites (tertiary alicyclic amines) is 1. The lowest BCUT2D eigenvalue weighted by Gasteiger charge is -2.39. The molecule has 1 heterocycles. The summed E-state index contributed by atoms with van der Waals surface area (Å²) < 4.78 is 5.14. The van der Waals surface area contributed by atoms with Crippen molar-refractivity contribution >= 4 is 35.6 Å². The van der Waals surface area contributed by atoms with Crippen molar-refractivity contribution in [3.63, 3.8) is 0 Å². The number of carbonyl (C=O) groups excluding carboxylic acids is 2. The minimum Gasteiger partial charge on any atom is -0.495 e. The van der Waals surface area contributed by atoms with Crippen molar-refractivity contribution < 1.29 is 14.3 Å². The molecule has 1 fully saturated rings. The molecule has 2 aromatic rings. The number of amides is 2. The van der Waals surface area contributed by atoms with Gasteiger partial charge in [0, 0.05) is 24.3 Å². The van der Waals surface area contributed by atoms with Crippen LogP contribution in [0.1, 0.15) is 30.1 Å². The number of ether oxygens (including phenoxy) is 1. The van der Waals surface area contributed by atoms with Crippen LogP contribution in [-0.2, 0) is 4.79 Å². The molecular weight excluding hydrogens is 378 g/mol. The highest BCUT2D eigenvalue weighted by Gasteiger charge is 2.39. The van der Waals surface area contributed by atoms with Crippen molar-refractivity contribution in [3.8, 4) is 5.75 Å². The molecule has 7 heteroatoms. The van der Waals surface area contributed by atoms with E-state index in [1.165, 1.54) is 0 Å². The third-order valence-electron chi connectivity index (χ3n) is 5.04. The Bertz CT molecular complexity index is 844. The molecule has 3 rings (SSSR count). The number of methoxy groups -OCH3 is 1. The summed E-state index contributed by atoms with van der Waals surface area (Å²) in [7, 11) is 1.55. The average Bonchev–Trinajstić information content (AvgIpc) is 2.68. The van der Waals surface area contributed by atoms with E-state index in [4.69, 9.17) is 10.5 Å². The van der Waals surface area contributed by atoms with E-state index in [0.29, 0.717) is 35.8 Å². The van der Waals surface area contributed by atoms with E-state index in [9.17, 15) is 9.59 Å². The maximum Gasteiger partial charge on any atom is 0.253 e. The first kappa shape index (κ1) is 21.6. The van der Waals surface area contributed by atoms with Crippen molar-refractivity contribution in [1.82, 2.24) is 4.90 Å². The van der Waals surface area contributed by atoms with Gasteiger partial charge in [-0.1, -0.05) is 18.2 Å². The van der Waals surface area contributed by atoms with Gasteiger partial charge in [-0.05, 0) is 50.1 Å². The molecule has 150 valence electrons. The van der Waals surface area contributed by atoms with Crippen LogP contribution >= 0.6 is 12.4 Å². The number of hydrogen-bond donors (Lipinski definition) is 2. The Morgan fingerprint density at radius 1 is 1.18 bits per heavy atom. The normalized spacial score (nSPS) is 18.7. The zero-order valence-electron chi connectivity index (χ0n) is 16.1. The molecule has 28 heavy (non-hydrogen) atoms. The molecule has 2 amide bonds. The van der Waals surface area contributed by atoms with Gasteiger partial charge in [0.05, 0.1) is 18.2 Å². The highest BCUT2D eigenvalue weighted by atomic mass is 35.5. The number of halogens is 1. The second-order valence-electron chi connectivity index (χ2n) is 7.17. The van der Waals surface area contributed by atoms with Crippen LogP contribution in [0.2, 0.25) is 0 Å². The molecule has 0 bridgehead atoms. The van der Waals surface area contributed by atoms with E-state index in [0.717, 1.165) is 12.8 Å². The van der Waals surface area contributed by atoms with Gasteiger partial charge in [0.15, 0.2) is 0 Å². The highest BCUT2D eigenvalue weighted by Crippen LogP contribution is 2.32. The van der Waals surface area contributed by atoms with E-state index in [2.05, 4.69) is 5.32 Å². The van der Waals surface area contributed by atoms with Crippen LogP contribution in [0.15, 0.2) is 48.5 Å². The zero-order valence-corrected chi connectivity index (χ0v) is 16.9. The maximum absolute atomic E-state index is 12.9. The minimum atomic E-state index is -0.655. The van der Waals surface area contributed by atoms with Gasteiger partial charge in [-0.2, -0.15) is 0 Å². The van der Waals surface area contributed by atoms with E-state index in [1.807, 2.05) is 25.1 Å². The van der Waals surface area contributed by atoms with Crippen LogP contribution in [0.5, 0.6) is 5.75 Å². The van der Waals surface area contributed by atoms with Crippen molar-refractivity contribution in [2.45, 2.75) is 19.8 Å². The number of hydrogen-bond acceptors (Lipinski definition) is 4. The molecule has 2 aromatic carbocycles. The number of nitrogens with zero attached hydrogens (tertiary/aromatic N) is 1. The largest absolute Gasteiger partial charge is 0.495 e. The van der Waals surface area contributed by atoms with E-state index >= 15 is 0 Å². The molecule has 6 nitrogen and oxygen atoms in total. The number of piperidine rings is 1. The molecule has 0 aliphatic carbocycles. The van der Waals surface area contributed by atoms with Crippen molar-refractivity contribution in [3.05, 3.63) is 54.1 Å². The lowest BCUT2D eigenvalue weighted by atomic mass is 9.80. The van der Waals surface area contributed by atoms with Crippen LogP contribution in [0.25, 0.3) is 0 Å². The first-order valence-electron chi connectivity index (χ1n) is 9.02. The predicted octanol–water partition coefficient (Wildman–Crippen LogP) is 3.58. The van der Waals surface area contributed by atoms with Crippen LogP contribution in [0.3, 0.4) is 0 Å². The Balaban J connectivity index is 0.00000280. The monoisotopic (exact) mass is 403 g/mol. The van der Waals surface area contributed by atoms with E-state index < -0.39 is 5.41 Å². The third kappa shape index (κ3) is 4.57. The van der Waals surface area contributed by atoms with Gasteiger partial charge in [0.1, 0.15) is 5.75 Å². The van der Waals surface area contributed by atoms with Crippen LogP contribution in [0, 0.1) is 5.41 Å². The molecule has 0 radical (unpaired) electrons. The van der Waals surface area contributed by atoms with Gasteiger partial charge in [-0.3, -0.25) is 9.59 Å². The summed E-state index contributed by atoms with van der Waals surface area (Å²) in [6.07, 6.45) is 1.51. The smallest absolute Gasteiger partial charge is 0.253 e. The molecule has 1 unspecified atom stereocenters. The molecule has 0 spiro atoms. The van der Waals surface area contributed by atoms with Gasteiger partial charge in [0.25, 0.3) is 5.91 Å². The van der Waals surface area contributed by atoms with Gasteiger partial charge >= 0.3 is 0 Å². The van der Waals surface area contributed by atoms with Gasteiger partial charge in [0.2, 0.25) is 5.91 Å².